The molecule has 0 spiro atoms. The maximum atomic E-state index is 10.4. The SMILES string of the molecule is CNC([C]=O)Cc1ccccc1. The summed E-state index contributed by atoms with van der Waals surface area (Å²) in [5.41, 5.74) is 1.15. The number of nitrogens with one attached hydrogen (secondary N) is 1. The van der Waals surface area contributed by atoms with Crippen LogP contribution in [-0.2, 0) is 11.2 Å². The first-order valence-electron chi connectivity index (χ1n) is 3.95. The fourth-order valence-corrected chi connectivity index (χ4v) is 1.05. The van der Waals surface area contributed by atoms with E-state index in [1.807, 2.05) is 36.6 Å². The van der Waals surface area contributed by atoms with E-state index in [9.17, 15) is 4.79 Å². The molecule has 63 valence electrons. The summed E-state index contributed by atoms with van der Waals surface area (Å²) in [5.74, 6) is 0. The van der Waals surface area contributed by atoms with Gasteiger partial charge in [0.1, 0.15) is 0 Å². The van der Waals surface area contributed by atoms with Crippen molar-refractivity contribution < 1.29 is 4.79 Å². The zero-order chi connectivity index (χ0) is 8.81. The molecule has 0 fully saturated rings. The van der Waals surface area contributed by atoms with Crippen molar-refractivity contribution in [3.05, 3.63) is 35.9 Å². The number of rotatable bonds is 4. The second-order valence-electron chi connectivity index (χ2n) is 2.65. The second kappa shape index (κ2) is 4.67. The topological polar surface area (TPSA) is 29.1 Å². The second-order valence-corrected chi connectivity index (χ2v) is 2.65. The number of benzene rings is 1. The smallest absolute Gasteiger partial charge is 0.217 e. The van der Waals surface area contributed by atoms with Gasteiger partial charge in [-0.15, -0.1) is 0 Å². The molecule has 12 heavy (non-hydrogen) atoms. The molecule has 1 aromatic carbocycles. The summed E-state index contributed by atoms with van der Waals surface area (Å²) in [7, 11) is 1.76. The lowest BCUT2D eigenvalue weighted by Gasteiger charge is -2.06. The van der Waals surface area contributed by atoms with Crippen molar-refractivity contribution in [2.45, 2.75) is 12.5 Å². The molecule has 1 unspecified atom stereocenters. The van der Waals surface area contributed by atoms with Crippen LogP contribution in [-0.4, -0.2) is 19.4 Å². The van der Waals surface area contributed by atoms with Crippen LogP contribution in [0.4, 0.5) is 0 Å². The molecule has 2 nitrogen and oxygen atoms in total. The van der Waals surface area contributed by atoms with Gasteiger partial charge in [0.05, 0.1) is 6.04 Å². The Bertz CT molecular complexity index is 233. The van der Waals surface area contributed by atoms with Gasteiger partial charge in [0, 0.05) is 0 Å². The normalized spacial score (nSPS) is 12.4. The van der Waals surface area contributed by atoms with Crippen LogP contribution >= 0.6 is 0 Å². The van der Waals surface area contributed by atoms with Gasteiger partial charge in [0.2, 0.25) is 6.29 Å². The van der Waals surface area contributed by atoms with Crippen molar-refractivity contribution >= 4 is 6.29 Å². The van der Waals surface area contributed by atoms with Crippen molar-refractivity contribution in [3.63, 3.8) is 0 Å². The molecule has 0 saturated heterocycles. The Kier molecular flexibility index (Phi) is 3.48. The minimum Gasteiger partial charge on any atom is -0.310 e. The number of likely N-dealkylation sites (N-methyl/N-ethyl adjacent to an activating group) is 1. The minimum atomic E-state index is -0.188. The van der Waals surface area contributed by atoms with Crippen molar-refractivity contribution in [1.29, 1.82) is 0 Å². The van der Waals surface area contributed by atoms with Crippen LogP contribution < -0.4 is 5.32 Å². The lowest BCUT2D eigenvalue weighted by Crippen LogP contribution is -2.28. The monoisotopic (exact) mass is 162 g/mol. The first-order chi connectivity index (χ1) is 5.86. The molecule has 0 aromatic heterocycles. The summed E-state index contributed by atoms with van der Waals surface area (Å²) in [6, 6.07) is 9.71. The molecule has 2 heteroatoms. The maximum absolute atomic E-state index is 10.4. The fourth-order valence-electron chi connectivity index (χ4n) is 1.05. The predicted octanol–water partition coefficient (Wildman–Crippen LogP) is 0.927. The van der Waals surface area contributed by atoms with E-state index in [0.29, 0.717) is 6.42 Å². The van der Waals surface area contributed by atoms with Crippen LogP contribution in [0.2, 0.25) is 0 Å². The quantitative estimate of drug-likeness (QED) is 0.713. The molecular weight excluding hydrogens is 150 g/mol. The minimum absolute atomic E-state index is 0.188. The molecular formula is C10H12NO. The summed E-state index contributed by atoms with van der Waals surface area (Å²) in [4.78, 5) is 10.4. The van der Waals surface area contributed by atoms with Gasteiger partial charge in [0.15, 0.2) is 0 Å². The molecule has 1 rings (SSSR count). The predicted molar refractivity (Wildman–Crippen MR) is 48.7 cm³/mol. The molecule has 0 bridgehead atoms. The van der Waals surface area contributed by atoms with Crippen LogP contribution in [0, 0.1) is 0 Å². The Labute approximate surface area is 72.6 Å². The first-order valence-corrected chi connectivity index (χ1v) is 3.95. The van der Waals surface area contributed by atoms with E-state index in [2.05, 4.69) is 5.32 Å². The van der Waals surface area contributed by atoms with E-state index in [1.165, 1.54) is 0 Å². The van der Waals surface area contributed by atoms with Gasteiger partial charge in [-0.1, -0.05) is 30.3 Å². The third-order valence-corrected chi connectivity index (χ3v) is 1.77. The molecule has 1 aromatic rings. The van der Waals surface area contributed by atoms with Gasteiger partial charge in [-0.2, -0.15) is 0 Å². The molecule has 1 atom stereocenters. The Balaban J connectivity index is 2.56. The van der Waals surface area contributed by atoms with Gasteiger partial charge >= 0.3 is 0 Å². The van der Waals surface area contributed by atoms with Gasteiger partial charge in [-0.25, -0.2) is 0 Å². The molecule has 0 aliphatic carbocycles. The molecule has 0 amide bonds. The molecule has 1 radical (unpaired) electrons. The molecule has 0 saturated carbocycles. The average molecular weight is 162 g/mol. The Morgan fingerprint density at radius 1 is 1.42 bits per heavy atom. The van der Waals surface area contributed by atoms with Crippen molar-refractivity contribution in [2.24, 2.45) is 0 Å². The van der Waals surface area contributed by atoms with Gasteiger partial charge in [-0.05, 0) is 19.0 Å². The lowest BCUT2D eigenvalue weighted by molar-refractivity contribution is 0.526. The van der Waals surface area contributed by atoms with Gasteiger partial charge < -0.3 is 5.32 Å². The van der Waals surface area contributed by atoms with Crippen molar-refractivity contribution in [2.75, 3.05) is 7.05 Å². The Morgan fingerprint density at radius 2 is 2.08 bits per heavy atom. The van der Waals surface area contributed by atoms with Crippen LogP contribution in [0.25, 0.3) is 0 Å². The maximum Gasteiger partial charge on any atom is 0.217 e. The molecule has 1 N–H and O–H groups in total. The molecule has 0 heterocycles. The third-order valence-electron chi connectivity index (χ3n) is 1.77. The summed E-state index contributed by atoms with van der Waals surface area (Å²) in [6.45, 7) is 0. The van der Waals surface area contributed by atoms with Gasteiger partial charge in [-0.3, -0.25) is 4.79 Å². The van der Waals surface area contributed by atoms with Gasteiger partial charge in [0.25, 0.3) is 0 Å². The third kappa shape index (κ3) is 2.47. The van der Waals surface area contributed by atoms with Crippen molar-refractivity contribution in [1.82, 2.24) is 5.32 Å². The van der Waals surface area contributed by atoms with Crippen molar-refractivity contribution in [3.8, 4) is 0 Å². The van der Waals surface area contributed by atoms with E-state index in [4.69, 9.17) is 0 Å². The summed E-state index contributed by atoms with van der Waals surface area (Å²) in [5, 5.41) is 2.88. The highest BCUT2D eigenvalue weighted by Crippen LogP contribution is 2.01. The number of hydrogen-bond acceptors (Lipinski definition) is 2. The number of carbonyl (C=O) groups excluding carboxylic acids is 1. The number of hydrogen-bond donors (Lipinski definition) is 1. The summed E-state index contributed by atoms with van der Waals surface area (Å²) < 4.78 is 0. The lowest BCUT2D eigenvalue weighted by atomic mass is 10.1. The Hall–Kier alpha value is -1.15. The zero-order valence-corrected chi connectivity index (χ0v) is 7.08. The van der Waals surface area contributed by atoms with Crippen LogP contribution in [0.15, 0.2) is 30.3 Å². The zero-order valence-electron chi connectivity index (χ0n) is 7.08. The molecule has 0 aliphatic heterocycles. The van der Waals surface area contributed by atoms with Crippen LogP contribution in [0.5, 0.6) is 0 Å². The molecule has 0 aliphatic rings. The fraction of sp³-hybridized carbons (Fsp3) is 0.300. The summed E-state index contributed by atoms with van der Waals surface area (Å²) in [6.07, 6.45) is 2.65. The van der Waals surface area contributed by atoms with E-state index >= 15 is 0 Å². The summed E-state index contributed by atoms with van der Waals surface area (Å²) >= 11 is 0. The Morgan fingerprint density at radius 3 is 2.58 bits per heavy atom. The van der Waals surface area contributed by atoms with E-state index < -0.39 is 0 Å². The average Bonchev–Trinajstić information content (AvgIpc) is 2.16. The highest BCUT2D eigenvalue weighted by Gasteiger charge is 2.04. The van der Waals surface area contributed by atoms with Crippen LogP contribution in [0.3, 0.4) is 0 Å². The van der Waals surface area contributed by atoms with Crippen LogP contribution in [0.1, 0.15) is 5.56 Å². The first kappa shape index (κ1) is 8.94. The highest BCUT2D eigenvalue weighted by atomic mass is 16.1. The highest BCUT2D eigenvalue weighted by molar-refractivity contribution is 5.59. The van der Waals surface area contributed by atoms with E-state index in [-0.39, 0.29) is 6.04 Å². The standard InChI is InChI=1S/C10H12NO/c1-11-10(8-12)7-9-5-3-2-4-6-9/h2-6,10-11H,7H2,1H3. The largest absolute Gasteiger partial charge is 0.310 e. The van der Waals surface area contributed by atoms with E-state index in [1.54, 1.807) is 7.05 Å². The van der Waals surface area contributed by atoms with E-state index in [0.717, 1.165) is 5.56 Å².